The van der Waals surface area contributed by atoms with Crippen LogP contribution in [-0.2, 0) is 0 Å². The van der Waals surface area contributed by atoms with E-state index >= 15 is 0 Å². The number of rotatable bonds is 7. The summed E-state index contributed by atoms with van der Waals surface area (Å²) in [5, 5.41) is 5.95. The number of guanidine groups is 1. The van der Waals surface area contributed by atoms with Crippen LogP contribution >= 0.6 is 35.3 Å². The molecule has 0 amide bonds. The topological polar surface area (TPSA) is 34.1 Å². The van der Waals surface area contributed by atoms with Crippen molar-refractivity contribution in [3.8, 4) is 0 Å². The van der Waals surface area contributed by atoms with Crippen LogP contribution in [0.2, 0.25) is 0 Å². The van der Waals surface area contributed by atoms with Gasteiger partial charge in [-0.25, -0.2) is 0 Å². The molecule has 166 valence electrons. The number of aliphatic imine (C=N–C) groups is 1. The van der Waals surface area contributed by atoms with Crippen molar-refractivity contribution in [1.82, 2.24) is 20.0 Å². The number of nitrogens with zero attached hydrogens (tertiary/aromatic N) is 4. The van der Waals surface area contributed by atoms with Crippen LogP contribution in [0, 0.1) is 11.8 Å². The molecule has 0 radical (unpaired) electrons. The highest BCUT2D eigenvalue weighted by atomic mass is 127. The summed E-state index contributed by atoms with van der Waals surface area (Å²) in [6, 6.07) is 5.02. The van der Waals surface area contributed by atoms with Gasteiger partial charge in [0, 0.05) is 44.1 Å². The molecule has 0 saturated carbocycles. The van der Waals surface area contributed by atoms with E-state index in [-0.39, 0.29) is 24.0 Å². The number of hydrogen-bond acceptors (Lipinski definition) is 4. The van der Waals surface area contributed by atoms with Crippen molar-refractivity contribution < 1.29 is 0 Å². The zero-order chi connectivity index (χ0) is 19.9. The Morgan fingerprint density at radius 2 is 2.07 bits per heavy atom. The van der Waals surface area contributed by atoms with Crippen molar-refractivity contribution >= 4 is 41.3 Å². The largest absolute Gasteiger partial charge is 0.356 e. The first-order valence-electron chi connectivity index (χ1n) is 11.1. The number of piperidine rings is 1. The molecule has 0 spiro atoms. The molecule has 3 rings (SSSR count). The highest BCUT2D eigenvalue weighted by Crippen LogP contribution is 2.36. The summed E-state index contributed by atoms with van der Waals surface area (Å²) in [6.07, 6.45) is 3.86. The smallest absolute Gasteiger partial charge is 0.193 e. The van der Waals surface area contributed by atoms with Crippen molar-refractivity contribution in [3.05, 3.63) is 22.4 Å². The number of likely N-dealkylation sites (tertiary alicyclic amines) is 2. The molecule has 3 atom stereocenters. The van der Waals surface area contributed by atoms with Crippen LogP contribution in [0.3, 0.4) is 0 Å². The summed E-state index contributed by atoms with van der Waals surface area (Å²) in [5.74, 6) is 2.50. The lowest BCUT2D eigenvalue weighted by molar-refractivity contribution is 0.124. The van der Waals surface area contributed by atoms with Crippen LogP contribution < -0.4 is 5.32 Å². The maximum absolute atomic E-state index is 4.62. The quantitative estimate of drug-likeness (QED) is 0.327. The minimum absolute atomic E-state index is 0. The van der Waals surface area contributed by atoms with E-state index in [1.54, 1.807) is 0 Å². The van der Waals surface area contributed by atoms with Crippen molar-refractivity contribution in [1.29, 1.82) is 0 Å². The molecule has 1 aromatic heterocycles. The summed E-state index contributed by atoms with van der Waals surface area (Å²) < 4.78 is 0. The lowest BCUT2D eigenvalue weighted by Gasteiger charge is -2.39. The van der Waals surface area contributed by atoms with Crippen LogP contribution in [0.1, 0.15) is 44.0 Å². The Morgan fingerprint density at radius 1 is 1.28 bits per heavy atom. The van der Waals surface area contributed by atoms with Gasteiger partial charge < -0.3 is 15.1 Å². The predicted octanol–water partition coefficient (Wildman–Crippen LogP) is 3.99. The minimum atomic E-state index is 0. The first kappa shape index (κ1) is 24.9. The zero-order valence-electron chi connectivity index (χ0n) is 18.6. The van der Waals surface area contributed by atoms with E-state index in [4.69, 9.17) is 0 Å². The van der Waals surface area contributed by atoms with Gasteiger partial charge in [-0.15, -0.1) is 35.3 Å². The monoisotopic (exact) mass is 533 g/mol. The van der Waals surface area contributed by atoms with E-state index in [0.717, 1.165) is 44.6 Å². The molecule has 3 heterocycles. The number of halogens is 1. The van der Waals surface area contributed by atoms with Gasteiger partial charge in [-0.1, -0.05) is 19.9 Å². The average Bonchev–Trinajstić information content (AvgIpc) is 3.39. The molecular formula is C22H40IN5S. The molecule has 2 fully saturated rings. The molecule has 3 unspecified atom stereocenters. The number of hydrogen-bond donors (Lipinski definition) is 1. The molecule has 0 aliphatic carbocycles. The van der Waals surface area contributed by atoms with Crippen LogP contribution in [-0.4, -0.2) is 80.6 Å². The SMILES string of the molecule is CCN(CC)CC1CCN(C(=NC)NCC2CCCN(C)C2c2cccs2)C1.I. The molecule has 1 N–H and O–H groups in total. The van der Waals surface area contributed by atoms with Crippen molar-refractivity contribution in [2.45, 2.75) is 39.2 Å². The Morgan fingerprint density at radius 3 is 2.72 bits per heavy atom. The Kier molecular flexibility index (Phi) is 10.7. The Bertz CT molecular complexity index is 604. The predicted molar refractivity (Wildman–Crippen MR) is 137 cm³/mol. The normalized spacial score (nSPS) is 26.0. The van der Waals surface area contributed by atoms with Gasteiger partial charge in [0.05, 0.1) is 0 Å². The van der Waals surface area contributed by atoms with E-state index in [1.807, 2.05) is 18.4 Å². The number of nitrogens with one attached hydrogen (secondary N) is 1. The van der Waals surface area contributed by atoms with Gasteiger partial charge in [-0.05, 0) is 69.2 Å². The fourth-order valence-electron chi connectivity index (χ4n) is 4.96. The van der Waals surface area contributed by atoms with E-state index in [0.29, 0.717) is 12.0 Å². The van der Waals surface area contributed by atoms with E-state index in [2.05, 4.69) is 63.4 Å². The molecule has 2 aliphatic heterocycles. The van der Waals surface area contributed by atoms with E-state index in [9.17, 15) is 0 Å². The van der Waals surface area contributed by atoms with Crippen molar-refractivity contribution in [2.75, 3.05) is 59.9 Å². The zero-order valence-corrected chi connectivity index (χ0v) is 21.8. The molecule has 0 bridgehead atoms. The minimum Gasteiger partial charge on any atom is -0.356 e. The van der Waals surface area contributed by atoms with Gasteiger partial charge in [-0.3, -0.25) is 9.89 Å². The highest BCUT2D eigenvalue weighted by Gasteiger charge is 2.32. The Hall–Kier alpha value is -0.380. The third-order valence-corrected chi connectivity index (χ3v) is 7.52. The van der Waals surface area contributed by atoms with Crippen LogP contribution in [0.4, 0.5) is 0 Å². The number of thiophene rings is 1. The van der Waals surface area contributed by atoms with Gasteiger partial charge in [-0.2, -0.15) is 0 Å². The van der Waals surface area contributed by atoms with Gasteiger partial charge in [0.1, 0.15) is 0 Å². The maximum Gasteiger partial charge on any atom is 0.193 e. The fraction of sp³-hybridized carbons (Fsp3) is 0.773. The van der Waals surface area contributed by atoms with Crippen molar-refractivity contribution in [2.24, 2.45) is 16.8 Å². The third kappa shape index (κ3) is 6.55. The molecule has 29 heavy (non-hydrogen) atoms. The molecule has 1 aromatic rings. The third-order valence-electron chi connectivity index (χ3n) is 6.57. The van der Waals surface area contributed by atoms with Crippen LogP contribution in [0.5, 0.6) is 0 Å². The first-order chi connectivity index (χ1) is 13.7. The maximum atomic E-state index is 4.62. The Labute approximate surface area is 198 Å². The van der Waals surface area contributed by atoms with Gasteiger partial charge in [0.25, 0.3) is 0 Å². The lowest BCUT2D eigenvalue weighted by Crippen LogP contribution is -2.46. The molecule has 5 nitrogen and oxygen atoms in total. The molecule has 7 heteroatoms. The highest BCUT2D eigenvalue weighted by molar-refractivity contribution is 14.0. The fourth-order valence-corrected chi connectivity index (χ4v) is 5.94. The van der Waals surface area contributed by atoms with Gasteiger partial charge in [0.15, 0.2) is 5.96 Å². The van der Waals surface area contributed by atoms with Gasteiger partial charge >= 0.3 is 0 Å². The second-order valence-electron chi connectivity index (χ2n) is 8.36. The second-order valence-corrected chi connectivity index (χ2v) is 9.34. The summed E-state index contributed by atoms with van der Waals surface area (Å²) in [4.78, 5) is 13.7. The van der Waals surface area contributed by atoms with Gasteiger partial charge in [0.2, 0.25) is 0 Å². The standard InChI is InChI=1S/C22H39N5S.HI/c1-5-26(6-2)16-18-11-13-27(17-18)22(23-3)24-15-19-9-7-12-25(4)21(19)20-10-8-14-28-20;/h8,10,14,18-19,21H,5-7,9,11-13,15-17H2,1-4H3,(H,23,24);1H. The lowest BCUT2D eigenvalue weighted by atomic mass is 9.88. The van der Waals surface area contributed by atoms with E-state index < -0.39 is 0 Å². The average molecular weight is 534 g/mol. The van der Waals surface area contributed by atoms with Crippen LogP contribution in [0.15, 0.2) is 22.5 Å². The Balaban J connectivity index is 0.00000300. The molecule has 2 aliphatic rings. The summed E-state index contributed by atoms with van der Waals surface area (Å²) in [6.45, 7) is 12.5. The first-order valence-corrected chi connectivity index (χ1v) is 12.0. The van der Waals surface area contributed by atoms with E-state index in [1.165, 1.54) is 37.2 Å². The molecular weight excluding hydrogens is 493 g/mol. The van der Waals surface area contributed by atoms with Crippen molar-refractivity contribution in [3.63, 3.8) is 0 Å². The van der Waals surface area contributed by atoms with Crippen LogP contribution in [0.25, 0.3) is 0 Å². The molecule has 2 saturated heterocycles. The summed E-state index contributed by atoms with van der Waals surface area (Å²) in [5.41, 5.74) is 0. The summed E-state index contributed by atoms with van der Waals surface area (Å²) >= 11 is 1.90. The second kappa shape index (κ2) is 12.5. The molecule has 0 aromatic carbocycles. The summed E-state index contributed by atoms with van der Waals surface area (Å²) in [7, 11) is 4.22.